The number of nitriles is 1. The fourth-order valence-electron chi connectivity index (χ4n) is 1.96. The first kappa shape index (κ1) is 10.7. The number of aromatic amines is 1. The molecule has 86 valence electrons. The van der Waals surface area contributed by atoms with Crippen LogP contribution in [-0.2, 0) is 0 Å². The number of fused-ring (bicyclic) bond motifs is 1. The number of para-hydroxylation sites is 1. The van der Waals surface area contributed by atoms with Crippen molar-refractivity contribution in [3.8, 4) is 11.8 Å². The number of nitrogens with zero attached hydrogens (tertiary/aromatic N) is 3. The van der Waals surface area contributed by atoms with E-state index in [-0.39, 0.29) is 0 Å². The maximum Gasteiger partial charge on any atom is 0.182 e. The van der Waals surface area contributed by atoms with Crippen molar-refractivity contribution >= 4 is 23.3 Å². The van der Waals surface area contributed by atoms with Crippen LogP contribution in [0.5, 0.6) is 0 Å². The molecule has 0 radical (unpaired) electrons. The molecule has 1 aromatic carbocycles. The first-order valence-electron chi connectivity index (χ1n) is 5.35. The van der Waals surface area contributed by atoms with Crippen molar-refractivity contribution in [1.82, 2.24) is 14.5 Å². The van der Waals surface area contributed by atoms with Crippen molar-refractivity contribution in [1.29, 1.82) is 5.26 Å². The van der Waals surface area contributed by atoms with E-state index in [2.05, 4.69) is 16.0 Å². The van der Waals surface area contributed by atoms with Gasteiger partial charge in [-0.15, -0.1) is 0 Å². The predicted octanol–water partition coefficient (Wildman–Crippen LogP) is 2.95. The van der Waals surface area contributed by atoms with E-state index < -0.39 is 0 Å². The number of imidazole rings is 1. The van der Waals surface area contributed by atoms with Gasteiger partial charge < -0.3 is 4.98 Å². The minimum Gasteiger partial charge on any atom is -0.329 e. The van der Waals surface area contributed by atoms with E-state index in [1.165, 1.54) is 0 Å². The molecule has 0 fully saturated rings. The van der Waals surface area contributed by atoms with Crippen LogP contribution in [0.25, 0.3) is 16.7 Å². The summed E-state index contributed by atoms with van der Waals surface area (Å²) in [5, 5.41) is 9.16. The number of benzene rings is 1. The number of rotatable bonds is 1. The topological polar surface area (TPSA) is 57.4 Å². The van der Waals surface area contributed by atoms with Gasteiger partial charge in [0, 0.05) is 6.20 Å². The second kappa shape index (κ2) is 4.09. The van der Waals surface area contributed by atoms with Gasteiger partial charge in [-0.3, -0.25) is 9.55 Å². The summed E-state index contributed by atoms with van der Waals surface area (Å²) in [7, 11) is 0. The van der Waals surface area contributed by atoms with Crippen molar-refractivity contribution in [2.24, 2.45) is 0 Å². The number of nitrogens with one attached hydrogen (secondary N) is 1. The summed E-state index contributed by atoms with van der Waals surface area (Å²) in [5.74, 6) is 0. The SMILES string of the molecule is N#Cc1ccccc1-n1c(=S)[nH]c2cnccc21. The molecular formula is C13H8N4S. The second-order valence-corrected chi connectivity index (χ2v) is 4.17. The van der Waals surface area contributed by atoms with E-state index in [1.54, 1.807) is 18.5 Å². The standard InChI is InChI=1S/C13H8N4S/c14-7-9-3-1-2-4-11(9)17-12-5-6-15-8-10(12)16-13(17)18/h1-6,8H,(H,16,18). The van der Waals surface area contributed by atoms with Crippen LogP contribution in [0.1, 0.15) is 5.56 Å². The summed E-state index contributed by atoms with van der Waals surface area (Å²) >= 11 is 5.31. The van der Waals surface area contributed by atoms with Crippen LogP contribution in [-0.4, -0.2) is 14.5 Å². The summed E-state index contributed by atoms with van der Waals surface area (Å²) in [6.07, 6.45) is 3.42. The molecule has 0 unspecified atom stereocenters. The molecule has 3 rings (SSSR count). The van der Waals surface area contributed by atoms with Crippen LogP contribution in [0.4, 0.5) is 0 Å². The molecule has 1 N–H and O–H groups in total. The predicted molar refractivity (Wildman–Crippen MR) is 71.0 cm³/mol. The first-order valence-corrected chi connectivity index (χ1v) is 5.76. The minimum atomic E-state index is 0.556. The molecule has 0 amide bonds. The zero-order valence-corrected chi connectivity index (χ0v) is 10.1. The van der Waals surface area contributed by atoms with Gasteiger partial charge in [0.25, 0.3) is 0 Å². The van der Waals surface area contributed by atoms with Gasteiger partial charge in [0.2, 0.25) is 0 Å². The molecule has 0 aliphatic rings. The normalized spacial score (nSPS) is 10.4. The summed E-state index contributed by atoms with van der Waals surface area (Å²) in [6, 6.07) is 11.4. The van der Waals surface area contributed by atoms with Gasteiger partial charge in [0.15, 0.2) is 4.77 Å². The Morgan fingerprint density at radius 2 is 2.11 bits per heavy atom. The first-order chi connectivity index (χ1) is 8.81. The number of hydrogen-bond donors (Lipinski definition) is 1. The Labute approximate surface area is 108 Å². The zero-order valence-electron chi connectivity index (χ0n) is 9.29. The third kappa shape index (κ3) is 1.51. The molecule has 2 heterocycles. The average molecular weight is 252 g/mol. The second-order valence-electron chi connectivity index (χ2n) is 3.79. The summed E-state index contributed by atoms with van der Waals surface area (Å²) in [4.78, 5) is 7.13. The summed E-state index contributed by atoms with van der Waals surface area (Å²) < 4.78 is 2.41. The lowest BCUT2D eigenvalue weighted by Crippen LogP contribution is -1.97. The highest BCUT2D eigenvalue weighted by Crippen LogP contribution is 2.21. The van der Waals surface area contributed by atoms with Gasteiger partial charge in [-0.25, -0.2) is 0 Å². The number of pyridine rings is 1. The van der Waals surface area contributed by atoms with Crippen LogP contribution in [0, 0.1) is 16.1 Å². The third-order valence-corrected chi connectivity index (χ3v) is 3.03. The summed E-state index contributed by atoms with van der Waals surface area (Å²) in [5.41, 5.74) is 3.14. The molecule has 0 bridgehead atoms. The average Bonchev–Trinajstić information content (AvgIpc) is 2.74. The lowest BCUT2D eigenvalue weighted by molar-refractivity contribution is 1.06. The van der Waals surface area contributed by atoms with E-state index in [4.69, 9.17) is 17.5 Å². The zero-order chi connectivity index (χ0) is 12.5. The molecule has 0 aliphatic heterocycles. The van der Waals surface area contributed by atoms with Gasteiger partial charge in [-0.1, -0.05) is 12.1 Å². The van der Waals surface area contributed by atoms with E-state index in [0.717, 1.165) is 16.7 Å². The van der Waals surface area contributed by atoms with Crippen LogP contribution in [0.2, 0.25) is 0 Å². The van der Waals surface area contributed by atoms with Gasteiger partial charge in [0.1, 0.15) is 6.07 Å². The molecule has 3 aromatic rings. The Morgan fingerprint density at radius 1 is 1.28 bits per heavy atom. The highest BCUT2D eigenvalue weighted by atomic mass is 32.1. The maximum absolute atomic E-state index is 9.16. The molecule has 0 saturated heterocycles. The van der Waals surface area contributed by atoms with Crippen molar-refractivity contribution in [2.75, 3.05) is 0 Å². The van der Waals surface area contributed by atoms with E-state index in [1.807, 2.05) is 28.8 Å². The molecule has 4 nitrogen and oxygen atoms in total. The molecule has 0 saturated carbocycles. The molecule has 5 heteroatoms. The molecule has 2 aromatic heterocycles. The minimum absolute atomic E-state index is 0.556. The smallest absolute Gasteiger partial charge is 0.182 e. The number of hydrogen-bond acceptors (Lipinski definition) is 3. The molecular weight excluding hydrogens is 244 g/mol. The summed E-state index contributed by atoms with van der Waals surface area (Å²) in [6.45, 7) is 0. The van der Waals surface area contributed by atoms with Crippen molar-refractivity contribution < 1.29 is 0 Å². The van der Waals surface area contributed by atoms with Crippen LogP contribution < -0.4 is 0 Å². The van der Waals surface area contributed by atoms with Crippen LogP contribution in [0.15, 0.2) is 42.7 Å². The Morgan fingerprint density at radius 3 is 2.94 bits per heavy atom. The van der Waals surface area contributed by atoms with E-state index >= 15 is 0 Å². The van der Waals surface area contributed by atoms with Crippen LogP contribution >= 0.6 is 12.2 Å². The molecule has 0 spiro atoms. The van der Waals surface area contributed by atoms with Crippen LogP contribution in [0.3, 0.4) is 0 Å². The van der Waals surface area contributed by atoms with Gasteiger partial charge in [-0.2, -0.15) is 5.26 Å². The Balaban J connectivity index is 2.43. The molecule has 18 heavy (non-hydrogen) atoms. The highest BCUT2D eigenvalue weighted by molar-refractivity contribution is 7.71. The Hall–Kier alpha value is -2.45. The highest BCUT2D eigenvalue weighted by Gasteiger charge is 2.09. The maximum atomic E-state index is 9.16. The van der Waals surface area contributed by atoms with Crippen molar-refractivity contribution in [3.63, 3.8) is 0 Å². The van der Waals surface area contributed by atoms with Gasteiger partial charge >= 0.3 is 0 Å². The van der Waals surface area contributed by atoms with E-state index in [9.17, 15) is 0 Å². The van der Waals surface area contributed by atoms with Gasteiger partial charge in [0.05, 0.1) is 28.5 Å². The molecule has 0 atom stereocenters. The van der Waals surface area contributed by atoms with Gasteiger partial charge in [-0.05, 0) is 30.4 Å². The quantitative estimate of drug-likeness (QED) is 0.677. The Kier molecular flexibility index (Phi) is 2.43. The fraction of sp³-hybridized carbons (Fsp3) is 0. The largest absolute Gasteiger partial charge is 0.329 e. The fourth-order valence-corrected chi connectivity index (χ4v) is 2.27. The lowest BCUT2D eigenvalue weighted by Gasteiger charge is -2.05. The number of aromatic nitrogens is 3. The number of H-pyrrole nitrogens is 1. The third-order valence-electron chi connectivity index (χ3n) is 2.75. The van der Waals surface area contributed by atoms with Crippen molar-refractivity contribution in [3.05, 3.63) is 53.1 Å². The monoisotopic (exact) mass is 252 g/mol. The van der Waals surface area contributed by atoms with Crippen molar-refractivity contribution in [2.45, 2.75) is 0 Å². The molecule has 0 aliphatic carbocycles. The Bertz CT molecular complexity index is 823. The lowest BCUT2D eigenvalue weighted by atomic mass is 10.2. The van der Waals surface area contributed by atoms with E-state index in [0.29, 0.717) is 10.3 Å².